The van der Waals surface area contributed by atoms with Gasteiger partial charge in [-0.1, -0.05) is 80.9 Å². The topological polar surface area (TPSA) is 45.3 Å². The summed E-state index contributed by atoms with van der Waals surface area (Å²) in [6.07, 6.45) is 4.92. The van der Waals surface area contributed by atoms with Crippen molar-refractivity contribution in [1.29, 1.82) is 0 Å². The Labute approximate surface area is 221 Å². The van der Waals surface area contributed by atoms with E-state index in [1.165, 1.54) is 30.4 Å². The molecule has 0 N–H and O–H groups in total. The smallest absolute Gasteiger partial charge is 0.311 e. The largest absolute Gasteiger partial charge is 0.462 e. The lowest BCUT2D eigenvalue weighted by atomic mass is 9.53. The van der Waals surface area contributed by atoms with E-state index in [4.69, 9.17) is 9.47 Å². The van der Waals surface area contributed by atoms with Crippen LogP contribution in [0.15, 0.2) is 60.7 Å². The van der Waals surface area contributed by atoms with Crippen molar-refractivity contribution >= 4 is 5.97 Å². The van der Waals surface area contributed by atoms with Gasteiger partial charge < -0.3 is 9.47 Å². The molecule has 0 radical (unpaired) electrons. The van der Waals surface area contributed by atoms with Crippen molar-refractivity contribution in [3.63, 3.8) is 0 Å². The van der Waals surface area contributed by atoms with Crippen LogP contribution in [-0.2, 0) is 14.3 Å². The van der Waals surface area contributed by atoms with Crippen molar-refractivity contribution in [2.45, 2.75) is 63.4 Å². The van der Waals surface area contributed by atoms with E-state index in [0.29, 0.717) is 5.92 Å². The van der Waals surface area contributed by atoms with Crippen molar-refractivity contribution in [3.8, 4) is 0 Å². The molecule has 5 heteroatoms. The Morgan fingerprint density at radius 2 is 1.62 bits per heavy atom. The molecule has 2 aliphatic carbocycles. The number of carbonyl (C=O) groups is 1. The van der Waals surface area contributed by atoms with E-state index in [1.807, 2.05) is 0 Å². The zero-order chi connectivity index (χ0) is 25.2. The van der Waals surface area contributed by atoms with Crippen LogP contribution < -0.4 is 0 Å². The Morgan fingerprint density at radius 3 is 2.27 bits per heavy atom. The van der Waals surface area contributed by atoms with E-state index >= 15 is 0 Å². The molecule has 7 rings (SSSR count). The minimum atomic E-state index is -0.0568. The summed E-state index contributed by atoms with van der Waals surface area (Å²) in [6, 6.07) is 22.0. The van der Waals surface area contributed by atoms with Crippen LogP contribution in [0.25, 0.3) is 0 Å². The van der Waals surface area contributed by atoms with E-state index in [1.54, 1.807) is 0 Å². The third-order valence-corrected chi connectivity index (χ3v) is 10.7. The van der Waals surface area contributed by atoms with Gasteiger partial charge in [0.2, 0.25) is 0 Å². The number of fused-ring (bicyclic) bond motifs is 2. The third kappa shape index (κ3) is 3.72. The first-order chi connectivity index (χ1) is 18.0. The Hall–Kier alpha value is -2.21. The number of hydrogen-bond donors (Lipinski definition) is 0. The predicted molar refractivity (Wildman–Crippen MR) is 143 cm³/mol. The van der Waals surface area contributed by atoms with Crippen LogP contribution >= 0.6 is 0 Å². The van der Waals surface area contributed by atoms with Crippen LogP contribution in [-0.4, -0.2) is 66.3 Å². The van der Waals surface area contributed by atoms with Crippen molar-refractivity contribution in [2.75, 3.05) is 32.7 Å². The summed E-state index contributed by atoms with van der Waals surface area (Å²) >= 11 is 0. The van der Waals surface area contributed by atoms with Gasteiger partial charge in [0.15, 0.2) is 0 Å². The molecule has 3 heterocycles. The molecule has 37 heavy (non-hydrogen) atoms. The van der Waals surface area contributed by atoms with Crippen LogP contribution in [0.5, 0.6) is 0 Å². The lowest BCUT2D eigenvalue weighted by Crippen LogP contribution is -2.55. The van der Waals surface area contributed by atoms with Crippen LogP contribution in [0, 0.1) is 23.2 Å². The molecule has 3 aliphatic heterocycles. The minimum Gasteiger partial charge on any atom is -0.462 e. The number of ether oxygens (including phenoxy) is 2. The second-order valence-electron chi connectivity index (χ2n) is 12.6. The van der Waals surface area contributed by atoms with Crippen LogP contribution in [0.3, 0.4) is 0 Å². The molecule has 7 atom stereocenters. The van der Waals surface area contributed by atoms with Gasteiger partial charge in [-0.25, -0.2) is 0 Å². The zero-order valence-corrected chi connectivity index (χ0v) is 22.2. The molecule has 5 aliphatic rings. The number of hydrogen-bond acceptors (Lipinski definition) is 5. The van der Waals surface area contributed by atoms with Crippen LogP contribution in [0.1, 0.15) is 56.7 Å². The fourth-order valence-corrected chi connectivity index (χ4v) is 8.81. The number of esters is 1. The van der Waals surface area contributed by atoms with E-state index in [2.05, 4.69) is 84.3 Å². The molecule has 0 amide bonds. The lowest BCUT2D eigenvalue weighted by Gasteiger charge is -2.49. The zero-order valence-electron chi connectivity index (χ0n) is 22.2. The van der Waals surface area contributed by atoms with Gasteiger partial charge in [-0.2, -0.15) is 0 Å². The predicted octanol–water partition coefficient (Wildman–Crippen LogP) is 4.92. The van der Waals surface area contributed by atoms with E-state index in [9.17, 15) is 4.79 Å². The van der Waals surface area contributed by atoms with Gasteiger partial charge in [-0.15, -0.1) is 0 Å². The van der Waals surface area contributed by atoms with Gasteiger partial charge >= 0.3 is 5.97 Å². The molecule has 2 aromatic carbocycles. The first kappa shape index (κ1) is 23.9. The number of nitrogens with zero attached hydrogens (tertiary/aromatic N) is 2. The molecule has 3 saturated heterocycles. The quantitative estimate of drug-likeness (QED) is 0.431. The molecule has 1 spiro atoms. The summed E-state index contributed by atoms with van der Waals surface area (Å²) in [6.45, 7) is 9.50. The van der Waals surface area contributed by atoms with Gasteiger partial charge in [0.05, 0.1) is 18.1 Å². The van der Waals surface area contributed by atoms with Gasteiger partial charge in [0.25, 0.3) is 0 Å². The molecule has 2 saturated carbocycles. The molecule has 0 unspecified atom stereocenters. The highest BCUT2D eigenvalue weighted by Gasteiger charge is 2.78. The minimum absolute atomic E-state index is 0.0179. The SMILES string of the molecule is C[C@@H]1CCC[C@@]2(C)C[C@H]3OC(=O)[C@H](CN4CCN(C(c5ccccc5)c5ccccc5)CC4)[C@@H]3[C@@H]3O[C@]132. The Kier molecular flexibility index (Phi) is 5.76. The standard InChI is InChI=1S/C32H40N2O3/c1-22-10-9-15-31(2)20-26-27(29-32(22,31)37-29)25(30(35)36-26)21-33-16-18-34(19-17-33)28(23-11-5-3-6-12-23)24-13-7-4-8-14-24/h3-8,11-14,22,25-29H,9-10,15-21H2,1-2H3/t22-,25-,26-,27+,29+,31+,32-/m1/s1. The number of carbonyl (C=O) groups excluding carboxylic acids is 1. The number of epoxide rings is 1. The highest BCUT2D eigenvalue weighted by atomic mass is 16.6. The van der Waals surface area contributed by atoms with Crippen LogP contribution in [0.2, 0.25) is 0 Å². The Balaban J connectivity index is 1.05. The normalized spacial score (nSPS) is 39.5. The first-order valence-corrected chi connectivity index (χ1v) is 14.4. The van der Waals surface area contributed by atoms with Crippen molar-refractivity contribution in [3.05, 3.63) is 71.8 Å². The van der Waals surface area contributed by atoms with Crippen molar-refractivity contribution in [1.82, 2.24) is 9.80 Å². The second kappa shape index (κ2) is 8.93. The number of rotatable bonds is 5. The van der Waals surface area contributed by atoms with Gasteiger partial charge in [-0.3, -0.25) is 14.6 Å². The number of piperazine rings is 1. The molecule has 2 aromatic rings. The Bertz CT molecular complexity index is 1090. The summed E-state index contributed by atoms with van der Waals surface area (Å²) in [4.78, 5) is 18.3. The summed E-state index contributed by atoms with van der Waals surface area (Å²) in [7, 11) is 0. The average Bonchev–Trinajstić information content (AvgIpc) is 3.60. The highest BCUT2D eigenvalue weighted by Crippen LogP contribution is 2.70. The monoisotopic (exact) mass is 500 g/mol. The van der Waals surface area contributed by atoms with E-state index in [-0.39, 0.29) is 47.1 Å². The molecule has 5 fully saturated rings. The van der Waals surface area contributed by atoms with Gasteiger partial charge in [-0.05, 0) is 36.3 Å². The first-order valence-electron chi connectivity index (χ1n) is 14.4. The second-order valence-corrected chi connectivity index (χ2v) is 12.6. The molecular weight excluding hydrogens is 460 g/mol. The highest BCUT2D eigenvalue weighted by molar-refractivity contribution is 5.76. The van der Waals surface area contributed by atoms with Gasteiger partial charge in [0.1, 0.15) is 11.7 Å². The lowest BCUT2D eigenvalue weighted by molar-refractivity contribution is -0.146. The Morgan fingerprint density at radius 1 is 0.973 bits per heavy atom. The maximum atomic E-state index is 13.2. The van der Waals surface area contributed by atoms with E-state index in [0.717, 1.165) is 39.1 Å². The molecule has 196 valence electrons. The maximum Gasteiger partial charge on any atom is 0.311 e. The fourth-order valence-electron chi connectivity index (χ4n) is 8.81. The number of benzene rings is 2. The van der Waals surface area contributed by atoms with Crippen LogP contribution in [0.4, 0.5) is 0 Å². The molecule has 5 nitrogen and oxygen atoms in total. The van der Waals surface area contributed by atoms with Crippen molar-refractivity contribution < 1.29 is 14.3 Å². The summed E-state index contributed by atoms with van der Waals surface area (Å²) in [5.41, 5.74) is 2.82. The molecule has 0 aromatic heterocycles. The average molecular weight is 501 g/mol. The maximum absolute atomic E-state index is 13.2. The van der Waals surface area contributed by atoms with Crippen molar-refractivity contribution in [2.24, 2.45) is 23.2 Å². The molecule has 0 bridgehead atoms. The van der Waals surface area contributed by atoms with E-state index < -0.39 is 0 Å². The summed E-state index contributed by atoms with van der Waals surface area (Å²) in [5, 5.41) is 0. The third-order valence-electron chi connectivity index (χ3n) is 10.7. The summed E-state index contributed by atoms with van der Waals surface area (Å²) < 4.78 is 12.7. The summed E-state index contributed by atoms with van der Waals surface area (Å²) in [5.74, 6) is 0.758. The molecular formula is C32H40N2O3. The fraction of sp³-hybridized carbons (Fsp3) is 0.594. The van der Waals surface area contributed by atoms with Gasteiger partial charge in [0, 0.05) is 44.1 Å².